The van der Waals surface area contributed by atoms with Gasteiger partial charge in [-0.05, 0) is 24.7 Å². The first kappa shape index (κ1) is 15.1. The quantitative estimate of drug-likeness (QED) is 0.904. The first-order chi connectivity index (χ1) is 9.51. The van der Waals surface area contributed by atoms with Gasteiger partial charge in [0, 0.05) is 43.1 Å². The smallest absolute Gasteiger partial charge is 0.223 e. The molecule has 1 aromatic carbocycles. The van der Waals surface area contributed by atoms with Crippen LogP contribution in [0, 0.1) is 5.92 Å². The van der Waals surface area contributed by atoms with Crippen LogP contribution in [0.4, 0.5) is 0 Å². The van der Waals surface area contributed by atoms with Crippen LogP contribution in [0.3, 0.4) is 0 Å². The van der Waals surface area contributed by atoms with E-state index >= 15 is 0 Å². The number of halogens is 1. The zero-order chi connectivity index (χ0) is 14.7. The molecule has 0 aliphatic carbocycles. The van der Waals surface area contributed by atoms with Crippen molar-refractivity contribution in [3.05, 3.63) is 28.3 Å². The van der Waals surface area contributed by atoms with Crippen molar-refractivity contribution in [2.24, 2.45) is 5.92 Å². The van der Waals surface area contributed by atoms with E-state index in [0.717, 1.165) is 35.9 Å². The minimum atomic E-state index is -0.0434. The minimum absolute atomic E-state index is 0.0434. The molecule has 1 atom stereocenters. The molecule has 1 N–H and O–H groups in total. The predicted octanol–water partition coefficient (Wildman–Crippen LogP) is 2.09. The molecule has 0 fully saturated rings. The Morgan fingerprint density at radius 1 is 1.55 bits per heavy atom. The van der Waals surface area contributed by atoms with Crippen LogP contribution in [-0.4, -0.2) is 38.1 Å². The summed E-state index contributed by atoms with van der Waals surface area (Å²) in [4.78, 5) is 13.7. The number of hydrogen-bond donors (Lipinski definition) is 1. The van der Waals surface area contributed by atoms with Gasteiger partial charge in [-0.1, -0.05) is 18.5 Å². The number of ether oxygens (including phenoxy) is 1. The summed E-state index contributed by atoms with van der Waals surface area (Å²) in [6.45, 7) is 4.07. The number of nitrogens with one attached hydrogen (secondary N) is 1. The fourth-order valence-electron chi connectivity index (χ4n) is 2.62. The zero-order valence-electron chi connectivity index (χ0n) is 12.2. The lowest BCUT2D eigenvalue weighted by atomic mass is 10.1. The van der Waals surface area contributed by atoms with Crippen molar-refractivity contribution in [3.63, 3.8) is 0 Å². The third-order valence-corrected chi connectivity index (χ3v) is 3.76. The van der Waals surface area contributed by atoms with Gasteiger partial charge in [0.2, 0.25) is 5.91 Å². The van der Waals surface area contributed by atoms with Crippen LogP contribution in [0.15, 0.2) is 12.1 Å². The number of hydrogen-bond acceptors (Lipinski definition) is 3. The molecule has 5 heteroatoms. The number of amides is 1. The number of carbonyl (C=O) groups is 1. The van der Waals surface area contributed by atoms with E-state index in [1.54, 1.807) is 7.05 Å². The summed E-state index contributed by atoms with van der Waals surface area (Å²) in [6, 6.07) is 3.92. The molecule has 0 radical (unpaired) electrons. The lowest BCUT2D eigenvalue weighted by molar-refractivity contribution is -0.124. The molecule has 1 aliphatic heterocycles. The number of benzene rings is 1. The fraction of sp³-hybridized carbons (Fsp3) is 0.533. The SMILES string of the molecule is CNC(=O)C(C)CN(C)Cc1cc(Cl)cc2c1OCC2. The van der Waals surface area contributed by atoms with Crippen molar-refractivity contribution in [1.82, 2.24) is 10.2 Å². The molecule has 0 spiro atoms. The summed E-state index contributed by atoms with van der Waals surface area (Å²) in [5, 5.41) is 3.42. The van der Waals surface area contributed by atoms with Gasteiger partial charge in [0.15, 0.2) is 0 Å². The van der Waals surface area contributed by atoms with E-state index in [2.05, 4.69) is 10.2 Å². The van der Waals surface area contributed by atoms with Crippen LogP contribution in [0.5, 0.6) is 5.75 Å². The van der Waals surface area contributed by atoms with Crippen LogP contribution < -0.4 is 10.1 Å². The highest BCUT2D eigenvalue weighted by Crippen LogP contribution is 2.33. The van der Waals surface area contributed by atoms with Gasteiger partial charge < -0.3 is 15.0 Å². The summed E-state index contributed by atoms with van der Waals surface area (Å²) in [6.07, 6.45) is 0.918. The lowest BCUT2D eigenvalue weighted by Crippen LogP contribution is -2.34. The first-order valence-electron chi connectivity index (χ1n) is 6.85. The van der Waals surface area contributed by atoms with Gasteiger partial charge in [0.25, 0.3) is 0 Å². The minimum Gasteiger partial charge on any atom is -0.493 e. The Labute approximate surface area is 125 Å². The molecule has 4 nitrogen and oxygen atoms in total. The normalized spacial score (nSPS) is 14.8. The zero-order valence-corrected chi connectivity index (χ0v) is 13.0. The molecule has 1 unspecified atom stereocenters. The van der Waals surface area contributed by atoms with Crippen molar-refractivity contribution in [2.75, 3.05) is 27.2 Å². The van der Waals surface area contributed by atoms with Gasteiger partial charge in [-0.25, -0.2) is 0 Å². The van der Waals surface area contributed by atoms with Crippen molar-refractivity contribution in [2.45, 2.75) is 19.9 Å². The second-order valence-electron chi connectivity index (χ2n) is 5.36. The molecule has 1 aromatic rings. The van der Waals surface area contributed by atoms with Crippen molar-refractivity contribution in [1.29, 1.82) is 0 Å². The Kier molecular flexibility index (Phi) is 4.89. The number of carbonyl (C=O) groups excluding carboxylic acids is 1. The Hall–Kier alpha value is -1.26. The van der Waals surface area contributed by atoms with Gasteiger partial charge in [0.1, 0.15) is 5.75 Å². The van der Waals surface area contributed by atoms with Gasteiger partial charge >= 0.3 is 0 Å². The Morgan fingerprint density at radius 2 is 2.30 bits per heavy atom. The van der Waals surface area contributed by atoms with Crippen molar-refractivity contribution >= 4 is 17.5 Å². The second kappa shape index (κ2) is 6.46. The Balaban J connectivity index is 2.05. The highest BCUT2D eigenvalue weighted by Gasteiger charge is 2.20. The third-order valence-electron chi connectivity index (χ3n) is 3.55. The van der Waals surface area contributed by atoms with E-state index < -0.39 is 0 Å². The molecule has 1 amide bonds. The number of fused-ring (bicyclic) bond motifs is 1. The largest absolute Gasteiger partial charge is 0.493 e. The maximum Gasteiger partial charge on any atom is 0.223 e. The second-order valence-corrected chi connectivity index (χ2v) is 5.80. The van der Waals surface area contributed by atoms with Crippen LogP contribution in [0.2, 0.25) is 5.02 Å². The van der Waals surface area contributed by atoms with Crippen LogP contribution in [0.1, 0.15) is 18.1 Å². The average Bonchev–Trinajstić information content (AvgIpc) is 2.85. The molecular formula is C15H21ClN2O2. The van der Waals surface area contributed by atoms with E-state index in [1.165, 1.54) is 5.56 Å². The number of nitrogens with zero attached hydrogens (tertiary/aromatic N) is 1. The van der Waals surface area contributed by atoms with E-state index in [4.69, 9.17) is 16.3 Å². The summed E-state index contributed by atoms with van der Waals surface area (Å²) in [5.41, 5.74) is 2.27. The molecule has 0 saturated heterocycles. The fourth-order valence-corrected chi connectivity index (χ4v) is 2.88. The average molecular weight is 297 g/mol. The summed E-state index contributed by atoms with van der Waals surface area (Å²) >= 11 is 6.15. The highest BCUT2D eigenvalue weighted by molar-refractivity contribution is 6.30. The summed E-state index contributed by atoms with van der Waals surface area (Å²) < 4.78 is 5.69. The van der Waals surface area contributed by atoms with Gasteiger partial charge in [-0.3, -0.25) is 4.79 Å². The molecule has 20 heavy (non-hydrogen) atoms. The predicted molar refractivity (Wildman–Crippen MR) is 80.2 cm³/mol. The van der Waals surface area contributed by atoms with E-state index in [9.17, 15) is 4.79 Å². The van der Waals surface area contributed by atoms with Crippen LogP contribution in [0.25, 0.3) is 0 Å². The summed E-state index contributed by atoms with van der Waals surface area (Å²) in [7, 11) is 3.66. The van der Waals surface area contributed by atoms with Crippen molar-refractivity contribution in [3.8, 4) is 5.75 Å². The topological polar surface area (TPSA) is 41.6 Å². The molecule has 110 valence electrons. The first-order valence-corrected chi connectivity index (χ1v) is 7.23. The van der Waals surface area contributed by atoms with Crippen molar-refractivity contribution < 1.29 is 9.53 Å². The standard InChI is InChI=1S/C15H21ClN2O2/c1-10(15(19)17-2)8-18(3)9-12-7-13(16)6-11-4-5-20-14(11)12/h6-7,10H,4-5,8-9H2,1-3H3,(H,17,19). The number of rotatable bonds is 5. The maximum atomic E-state index is 11.6. The molecule has 0 saturated carbocycles. The van der Waals surface area contributed by atoms with E-state index in [-0.39, 0.29) is 11.8 Å². The molecule has 2 rings (SSSR count). The Morgan fingerprint density at radius 3 is 3.00 bits per heavy atom. The Bertz CT molecular complexity index is 505. The van der Waals surface area contributed by atoms with Gasteiger partial charge in [-0.2, -0.15) is 0 Å². The molecular weight excluding hydrogens is 276 g/mol. The van der Waals surface area contributed by atoms with Crippen LogP contribution in [-0.2, 0) is 17.8 Å². The molecule has 0 bridgehead atoms. The summed E-state index contributed by atoms with van der Waals surface area (Å²) in [5.74, 6) is 0.983. The monoisotopic (exact) mass is 296 g/mol. The van der Waals surface area contributed by atoms with E-state index in [0.29, 0.717) is 6.54 Å². The molecule has 0 aromatic heterocycles. The van der Waals surface area contributed by atoms with Gasteiger partial charge in [0.05, 0.1) is 6.61 Å². The molecule has 1 aliphatic rings. The lowest BCUT2D eigenvalue weighted by Gasteiger charge is -2.21. The molecule has 1 heterocycles. The maximum absolute atomic E-state index is 11.6. The third kappa shape index (κ3) is 3.44. The highest BCUT2D eigenvalue weighted by atomic mass is 35.5. The van der Waals surface area contributed by atoms with Crippen LogP contribution >= 0.6 is 11.6 Å². The van der Waals surface area contributed by atoms with Gasteiger partial charge in [-0.15, -0.1) is 0 Å². The van der Waals surface area contributed by atoms with E-state index in [1.807, 2.05) is 26.1 Å².